The van der Waals surface area contributed by atoms with Gasteiger partial charge in [-0.15, -0.1) is 0 Å². The average molecular weight is 413 g/mol. The van der Waals surface area contributed by atoms with E-state index in [1.54, 1.807) is 6.92 Å². The summed E-state index contributed by atoms with van der Waals surface area (Å²) in [6.45, 7) is 6.44. The minimum absolute atomic E-state index is 0.222. The number of carbonyl (C=O) groups is 1. The first-order valence-electron chi connectivity index (χ1n) is 9.59. The standard InChI is InChI=1S/C18H28N4O5S/c1-3-26-16-8-6-5-7-15(16)21-9-11-22(12-10-21)28(24,25)17-14(13-19-20-17)18(23)27-4-2/h5-8,14,17,19-20H,3-4,9-13H2,1-2H3. The number of esters is 1. The zero-order chi connectivity index (χ0) is 20.1. The fourth-order valence-electron chi connectivity index (χ4n) is 3.56. The van der Waals surface area contributed by atoms with E-state index in [4.69, 9.17) is 9.47 Å². The molecule has 0 radical (unpaired) electrons. The van der Waals surface area contributed by atoms with Gasteiger partial charge in [-0.05, 0) is 26.0 Å². The van der Waals surface area contributed by atoms with Gasteiger partial charge in [-0.25, -0.2) is 13.8 Å². The lowest BCUT2D eigenvalue weighted by Gasteiger charge is -2.37. The molecule has 2 fully saturated rings. The zero-order valence-corrected chi connectivity index (χ0v) is 17.1. The van der Waals surface area contributed by atoms with Crippen molar-refractivity contribution < 1.29 is 22.7 Å². The normalized spacial score (nSPS) is 23.6. The second-order valence-corrected chi connectivity index (χ2v) is 8.69. The van der Waals surface area contributed by atoms with E-state index >= 15 is 0 Å². The van der Waals surface area contributed by atoms with Crippen molar-refractivity contribution in [2.75, 3.05) is 50.8 Å². The summed E-state index contributed by atoms with van der Waals surface area (Å²) in [5.41, 5.74) is 6.48. The van der Waals surface area contributed by atoms with Crippen LogP contribution in [-0.2, 0) is 19.6 Å². The molecule has 2 saturated heterocycles. The number of ether oxygens (including phenoxy) is 2. The van der Waals surface area contributed by atoms with Crippen molar-refractivity contribution in [3.05, 3.63) is 24.3 Å². The van der Waals surface area contributed by atoms with Crippen molar-refractivity contribution in [2.24, 2.45) is 5.92 Å². The number of piperazine rings is 1. The molecule has 0 aromatic heterocycles. The SMILES string of the molecule is CCOC(=O)C1CNNC1S(=O)(=O)N1CCN(c2ccccc2OCC)CC1. The topological polar surface area (TPSA) is 100 Å². The highest BCUT2D eigenvalue weighted by molar-refractivity contribution is 7.89. The summed E-state index contributed by atoms with van der Waals surface area (Å²) in [7, 11) is -3.70. The van der Waals surface area contributed by atoms with Crippen LogP contribution in [0, 0.1) is 5.92 Å². The molecule has 2 heterocycles. The molecule has 3 rings (SSSR count). The monoisotopic (exact) mass is 412 g/mol. The lowest BCUT2D eigenvalue weighted by atomic mass is 10.2. The number of hydrogen-bond acceptors (Lipinski definition) is 8. The fraction of sp³-hybridized carbons (Fsp3) is 0.611. The molecule has 2 unspecified atom stereocenters. The molecule has 2 aliphatic rings. The highest BCUT2D eigenvalue weighted by atomic mass is 32.2. The Morgan fingerprint density at radius 2 is 1.86 bits per heavy atom. The van der Waals surface area contributed by atoms with E-state index in [0.29, 0.717) is 32.8 Å². The largest absolute Gasteiger partial charge is 0.492 e. The minimum Gasteiger partial charge on any atom is -0.492 e. The van der Waals surface area contributed by atoms with E-state index < -0.39 is 27.3 Å². The molecule has 0 saturated carbocycles. The first-order valence-corrected chi connectivity index (χ1v) is 11.1. The molecule has 0 spiro atoms. The van der Waals surface area contributed by atoms with Crippen LogP contribution in [0.2, 0.25) is 0 Å². The molecule has 1 aromatic carbocycles. The van der Waals surface area contributed by atoms with Crippen LogP contribution in [0.3, 0.4) is 0 Å². The number of hydrogen-bond donors (Lipinski definition) is 2. The van der Waals surface area contributed by atoms with E-state index in [9.17, 15) is 13.2 Å². The Hall–Kier alpha value is -1.88. The number of nitrogens with one attached hydrogen (secondary N) is 2. The summed E-state index contributed by atoms with van der Waals surface area (Å²) in [4.78, 5) is 14.2. The van der Waals surface area contributed by atoms with Crippen LogP contribution in [0.4, 0.5) is 5.69 Å². The van der Waals surface area contributed by atoms with Crippen LogP contribution in [0.25, 0.3) is 0 Å². The third-order valence-corrected chi connectivity index (χ3v) is 7.12. The third kappa shape index (κ3) is 4.24. The maximum atomic E-state index is 13.1. The van der Waals surface area contributed by atoms with Crippen molar-refractivity contribution >= 4 is 21.7 Å². The second kappa shape index (κ2) is 9.08. The molecule has 2 atom stereocenters. The quantitative estimate of drug-likeness (QED) is 0.611. The molecule has 9 nitrogen and oxygen atoms in total. The fourth-order valence-corrected chi connectivity index (χ4v) is 5.40. The Labute approximate surface area is 166 Å². The van der Waals surface area contributed by atoms with Gasteiger partial charge < -0.3 is 14.4 Å². The van der Waals surface area contributed by atoms with Gasteiger partial charge in [-0.2, -0.15) is 4.31 Å². The zero-order valence-electron chi connectivity index (χ0n) is 16.3. The number of anilines is 1. The Kier molecular flexibility index (Phi) is 6.76. The summed E-state index contributed by atoms with van der Waals surface area (Å²) in [6.07, 6.45) is 0. The van der Waals surface area contributed by atoms with Crippen molar-refractivity contribution in [3.8, 4) is 5.75 Å². The Morgan fingerprint density at radius 1 is 1.14 bits per heavy atom. The highest BCUT2D eigenvalue weighted by Gasteiger charge is 2.45. The molecule has 28 heavy (non-hydrogen) atoms. The predicted molar refractivity (Wildman–Crippen MR) is 105 cm³/mol. The summed E-state index contributed by atoms with van der Waals surface area (Å²) >= 11 is 0. The first-order chi connectivity index (χ1) is 13.5. The van der Waals surface area contributed by atoms with E-state index in [-0.39, 0.29) is 13.2 Å². The first kappa shape index (κ1) is 20.8. The predicted octanol–water partition coefficient (Wildman–Crippen LogP) is 0.150. The van der Waals surface area contributed by atoms with Crippen LogP contribution < -0.4 is 20.5 Å². The van der Waals surface area contributed by atoms with Gasteiger partial charge >= 0.3 is 5.97 Å². The number of nitrogens with zero attached hydrogens (tertiary/aromatic N) is 2. The minimum atomic E-state index is -3.70. The molecule has 2 aliphatic heterocycles. The molecular weight excluding hydrogens is 384 g/mol. The van der Waals surface area contributed by atoms with Crippen LogP contribution in [0.15, 0.2) is 24.3 Å². The van der Waals surface area contributed by atoms with Gasteiger partial charge in [0, 0.05) is 32.7 Å². The molecule has 0 bridgehead atoms. The molecular formula is C18H28N4O5S. The number of carbonyl (C=O) groups excluding carboxylic acids is 1. The van der Waals surface area contributed by atoms with Crippen LogP contribution in [0.5, 0.6) is 5.75 Å². The van der Waals surface area contributed by atoms with Crippen molar-refractivity contribution in [1.82, 2.24) is 15.2 Å². The lowest BCUT2D eigenvalue weighted by molar-refractivity contribution is -0.147. The van der Waals surface area contributed by atoms with Gasteiger partial charge in [0.15, 0.2) is 5.37 Å². The van der Waals surface area contributed by atoms with E-state index in [0.717, 1.165) is 11.4 Å². The number of rotatable bonds is 7. The van der Waals surface area contributed by atoms with Gasteiger partial charge in [0.25, 0.3) is 0 Å². The van der Waals surface area contributed by atoms with Crippen LogP contribution in [-0.4, -0.2) is 70.0 Å². The van der Waals surface area contributed by atoms with Gasteiger partial charge in [-0.3, -0.25) is 10.2 Å². The Bertz CT molecular complexity index is 780. The van der Waals surface area contributed by atoms with Crippen molar-refractivity contribution in [3.63, 3.8) is 0 Å². The van der Waals surface area contributed by atoms with Crippen molar-refractivity contribution in [1.29, 1.82) is 0 Å². The van der Waals surface area contributed by atoms with Crippen LogP contribution in [0.1, 0.15) is 13.8 Å². The van der Waals surface area contributed by atoms with Crippen molar-refractivity contribution in [2.45, 2.75) is 19.2 Å². The number of benzene rings is 1. The van der Waals surface area contributed by atoms with Gasteiger partial charge in [0.2, 0.25) is 10.0 Å². The molecule has 2 N–H and O–H groups in total. The number of hydrazine groups is 1. The van der Waals surface area contributed by atoms with E-state index in [1.807, 2.05) is 31.2 Å². The Morgan fingerprint density at radius 3 is 2.54 bits per heavy atom. The average Bonchev–Trinajstić information content (AvgIpc) is 3.20. The third-order valence-electron chi connectivity index (χ3n) is 4.95. The Balaban J connectivity index is 1.68. The number of para-hydroxylation sites is 2. The van der Waals surface area contributed by atoms with Crippen LogP contribution >= 0.6 is 0 Å². The summed E-state index contributed by atoms with van der Waals surface area (Å²) in [6, 6.07) is 7.76. The summed E-state index contributed by atoms with van der Waals surface area (Å²) in [5, 5.41) is -1.02. The summed E-state index contributed by atoms with van der Waals surface area (Å²) in [5.74, 6) is -0.468. The van der Waals surface area contributed by atoms with E-state index in [1.165, 1.54) is 4.31 Å². The van der Waals surface area contributed by atoms with E-state index in [2.05, 4.69) is 15.8 Å². The number of sulfonamides is 1. The maximum Gasteiger partial charge on any atom is 0.313 e. The second-order valence-electron chi connectivity index (χ2n) is 6.64. The molecule has 10 heteroatoms. The van der Waals surface area contributed by atoms with Gasteiger partial charge in [-0.1, -0.05) is 12.1 Å². The maximum absolute atomic E-state index is 13.1. The molecule has 1 aromatic rings. The lowest BCUT2D eigenvalue weighted by Crippen LogP contribution is -2.55. The molecule has 156 valence electrons. The molecule has 0 aliphatic carbocycles. The van der Waals surface area contributed by atoms with Gasteiger partial charge in [0.05, 0.1) is 18.9 Å². The highest BCUT2D eigenvalue weighted by Crippen LogP contribution is 2.30. The van der Waals surface area contributed by atoms with Gasteiger partial charge in [0.1, 0.15) is 11.7 Å². The molecule has 0 amide bonds. The smallest absolute Gasteiger partial charge is 0.313 e. The summed E-state index contributed by atoms with van der Waals surface area (Å²) < 4.78 is 38.3.